The Morgan fingerprint density at radius 2 is 2.16 bits per heavy atom. The molecule has 2 rings (SSSR count). The van der Waals surface area contributed by atoms with E-state index in [2.05, 4.69) is 17.0 Å². The Labute approximate surface area is 119 Å². The Morgan fingerprint density at radius 1 is 1.37 bits per heavy atom. The molecule has 19 heavy (non-hydrogen) atoms. The highest BCUT2D eigenvalue weighted by atomic mass is 32.2. The van der Waals surface area contributed by atoms with Gasteiger partial charge in [0.2, 0.25) is 10.0 Å². The van der Waals surface area contributed by atoms with Crippen molar-refractivity contribution in [3.8, 4) is 0 Å². The Balaban J connectivity index is 1.92. The Hall–Kier alpha value is -0.430. The summed E-state index contributed by atoms with van der Waals surface area (Å²) in [5.74, 6) is 0.746. The molecule has 0 radical (unpaired) electrons. The van der Waals surface area contributed by atoms with E-state index >= 15 is 0 Å². The first-order valence-electron chi connectivity index (χ1n) is 6.90. The summed E-state index contributed by atoms with van der Waals surface area (Å²) < 4.78 is 27.1. The van der Waals surface area contributed by atoms with E-state index in [-0.39, 0.29) is 0 Å². The maximum Gasteiger partial charge on any atom is 0.241 e. The molecule has 0 atom stereocenters. The third-order valence-corrected chi connectivity index (χ3v) is 5.84. The molecule has 1 aromatic heterocycles. The summed E-state index contributed by atoms with van der Waals surface area (Å²) >= 11 is 1.50. The number of nitrogens with one attached hydrogen (secondary N) is 2. The Morgan fingerprint density at radius 3 is 2.84 bits per heavy atom. The van der Waals surface area contributed by atoms with Crippen LogP contribution in [0.4, 0.5) is 0 Å². The van der Waals surface area contributed by atoms with Crippen molar-refractivity contribution >= 4 is 21.4 Å². The molecule has 2 N–H and O–H groups in total. The van der Waals surface area contributed by atoms with Gasteiger partial charge in [-0.15, -0.1) is 11.3 Å². The van der Waals surface area contributed by atoms with Crippen LogP contribution in [0.3, 0.4) is 0 Å². The van der Waals surface area contributed by atoms with Crippen LogP contribution in [0.25, 0.3) is 0 Å². The van der Waals surface area contributed by atoms with Crippen molar-refractivity contribution < 1.29 is 8.42 Å². The van der Waals surface area contributed by atoms with Gasteiger partial charge in [-0.2, -0.15) is 0 Å². The topological polar surface area (TPSA) is 58.2 Å². The lowest BCUT2D eigenvalue weighted by Crippen LogP contribution is -2.26. The average molecular weight is 302 g/mol. The summed E-state index contributed by atoms with van der Waals surface area (Å²) in [5, 5.41) is 5.10. The maximum absolute atomic E-state index is 12.2. The average Bonchev–Trinajstić information content (AvgIpc) is 3.05. The predicted molar refractivity (Wildman–Crippen MR) is 78.8 cm³/mol. The highest BCUT2D eigenvalue weighted by molar-refractivity contribution is 7.89. The Kier molecular flexibility index (Phi) is 5.38. The second-order valence-corrected chi connectivity index (χ2v) is 7.75. The van der Waals surface area contributed by atoms with Crippen LogP contribution in [0.5, 0.6) is 0 Å². The standard InChI is InChI=1S/C13H22N2O2S2/c1-2-7-14-10-12-13(6-9-18-12)19(16,17)15-8-5-11-3-4-11/h6,9,11,14-15H,2-5,7-8,10H2,1H3. The quantitative estimate of drug-likeness (QED) is 0.688. The SMILES string of the molecule is CCCNCc1sccc1S(=O)(=O)NCCC1CC1. The van der Waals surface area contributed by atoms with Crippen molar-refractivity contribution in [3.63, 3.8) is 0 Å². The first-order chi connectivity index (χ1) is 9.13. The molecule has 1 heterocycles. The molecular weight excluding hydrogens is 280 g/mol. The zero-order chi connectivity index (χ0) is 13.7. The third kappa shape index (κ3) is 4.56. The van der Waals surface area contributed by atoms with Crippen LogP contribution >= 0.6 is 11.3 Å². The minimum absolute atomic E-state index is 0.442. The van der Waals surface area contributed by atoms with Gasteiger partial charge in [-0.25, -0.2) is 13.1 Å². The molecule has 0 saturated heterocycles. The molecule has 0 unspecified atom stereocenters. The minimum Gasteiger partial charge on any atom is -0.312 e. The molecule has 1 aliphatic rings. The summed E-state index contributed by atoms with van der Waals surface area (Å²) in [6.45, 7) is 4.19. The van der Waals surface area contributed by atoms with Crippen LogP contribution in [-0.4, -0.2) is 21.5 Å². The molecule has 1 aromatic rings. The molecule has 6 heteroatoms. The maximum atomic E-state index is 12.2. The van der Waals surface area contributed by atoms with E-state index in [1.807, 2.05) is 5.38 Å². The van der Waals surface area contributed by atoms with Crippen molar-refractivity contribution in [1.82, 2.24) is 10.0 Å². The first-order valence-corrected chi connectivity index (χ1v) is 9.26. The van der Waals surface area contributed by atoms with Crippen LogP contribution in [0.15, 0.2) is 16.3 Å². The van der Waals surface area contributed by atoms with E-state index in [0.29, 0.717) is 18.0 Å². The fourth-order valence-corrected chi connectivity index (χ4v) is 4.42. The number of thiophene rings is 1. The summed E-state index contributed by atoms with van der Waals surface area (Å²) in [6.07, 6.45) is 4.53. The van der Waals surface area contributed by atoms with E-state index in [9.17, 15) is 8.42 Å². The van der Waals surface area contributed by atoms with Crippen molar-refractivity contribution in [2.45, 2.75) is 44.0 Å². The second-order valence-electron chi connectivity index (χ2n) is 5.01. The number of sulfonamides is 1. The number of hydrogen-bond donors (Lipinski definition) is 2. The van der Waals surface area contributed by atoms with E-state index < -0.39 is 10.0 Å². The molecule has 108 valence electrons. The van der Waals surface area contributed by atoms with Crippen LogP contribution < -0.4 is 10.0 Å². The van der Waals surface area contributed by atoms with Crippen molar-refractivity contribution in [1.29, 1.82) is 0 Å². The molecule has 1 saturated carbocycles. The molecule has 1 aliphatic carbocycles. The zero-order valence-electron chi connectivity index (χ0n) is 11.3. The molecule has 0 aliphatic heterocycles. The van der Waals surface area contributed by atoms with Gasteiger partial charge in [0.25, 0.3) is 0 Å². The fourth-order valence-electron chi connectivity index (χ4n) is 1.96. The molecule has 1 fully saturated rings. The third-order valence-electron chi connectivity index (χ3n) is 3.25. The normalized spacial score (nSPS) is 15.8. The van der Waals surface area contributed by atoms with Gasteiger partial charge in [-0.05, 0) is 36.8 Å². The summed E-state index contributed by atoms with van der Waals surface area (Å²) in [4.78, 5) is 1.34. The zero-order valence-corrected chi connectivity index (χ0v) is 12.9. The van der Waals surface area contributed by atoms with Gasteiger partial charge in [0.1, 0.15) is 0 Å². The van der Waals surface area contributed by atoms with Crippen LogP contribution in [0.2, 0.25) is 0 Å². The number of rotatable bonds is 9. The largest absolute Gasteiger partial charge is 0.312 e. The highest BCUT2D eigenvalue weighted by Crippen LogP contribution is 2.32. The van der Waals surface area contributed by atoms with E-state index in [4.69, 9.17) is 0 Å². The lowest BCUT2D eigenvalue weighted by molar-refractivity contribution is 0.573. The van der Waals surface area contributed by atoms with Crippen LogP contribution in [0.1, 0.15) is 37.5 Å². The summed E-state index contributed by atoms with van der Waals surface area (Å²) in [6, 6.07) is 1.70. The first kappa shape index (κ1) is 15.0. The van der Waals surface area contributed by atoms with Gasteiger partial charge in [0, 0.05) is 18.0 Å². The monoisotopic (exact) mass is 302 g/mol. The van der Waals surface area contributed by atoms with Crippen LogP contribution in [0, 0.1) is 5.92 Å². The minimum atomic E-state index is -3.33. The van der Waals surface area contributed by atoms with Gasteiger partial charge in [-0.1, -0.05) is 19.8 Å². The number of hydrogen-bond acceptors (Lipinski definition) is 4. The second kappa shape index (κ2) is 6.83. The smallest absolute Gasteiger partial charge is 0.241 e. The molecule has 0 amide bonds. The molecule has 0 aromatic carbocycles. The molecule has 0 bridgehead atoms. The van der Waals surface area contributed by atoms with E-state index in [1.165, 1.54) is 24.2 Å². The lowest BCUT2D eigenvalue weighted by atomic mass is 10.3. The van der Waals surface area contributed by atoms with E-state index in [0.717, 1.165) is 30.2 Å². The highest BCUT2D eigenvalue weighted by Gasteiger charge is 2.23. The van der Waals surface area contributed by atoms with Gasteiger partial charge in [-0.3, -0.25) is 0 Å². The molecular formula is C13H22N2O2S2. The van der Waals surface area contributed by atoms with Crippen molar-refractivity contribution in [3.05, 3.63) is 16.3 Å². The van der Waals surface area contributed by atoms with Gasteiger partial charge in [0.05, 0.1) is 4.90 Å². The van der Waals surface area contributed by atoms with Crippen molar-refractivity contribution in [2.24, 2.45) is 5.92 Å². The predicted octanol–water partition coefficient (Wildman–Crippen LogP) is 2.33. The Bertz CT molecular complexity index is 492. The summed E-state index contributed by atoms with van der Waals surface area (Å²) in [7, 11) is -3.33. The molecule has 4 nitrogen and oxygen atoms in total. The van der Waals surface area contributed by atoms with Gasteiger partial charge in [0.15, 0.2) is 0 Å². The van der Waals surface area contributed by atoms with Crippen LogP contribution in [-0.2, 0) is 16.6 Å². The summed E-state index contributed by atoms with van der Waals surface area (Å²) in [5.41, 5.74) is 0. The van der Waals surface area contributed by atoms with Gasteiger partial charge < -0.3 is 5.32 Å². The van der Waals surface area contributed by atoms with Gasteiger partial charge >= 0.3 is 0 Å². The lowest BCUT2D eigenvalue weighted by Gasteiger charge is -2.08. The fraction of sp³-hybridized carbons (Fsp3) is 0.692. The van der Waals surface area contributed by atoms with Crippen molar-refractivity contribution in [2.75, 3.05) is 13.1 Å². The van der Waals surface area contributed by atoms with E-state index in [1.54, 1.807) is 6.07 Å². The molecule has 0 spiro atoms.